The molecule has 2 N–H and O–H groups in total. The summed E-state index contributed by atoms with van der Waals surface area (Å²) in [6.45, 7) is -0.153. The smallest absolute Gasteiger partial charge is 0.259 e. The number of nitrogens with one attached hydrogen (secondary N) is 1. The molecule has 1 fully saturated rings. The summed E-state index contributed by atoms with van der Waals surface area (Å²) in [6, 6.07) is 20.9. The Balaban J connectivity index is 1.52. The van der Waals surface area contributed by atoms with E-state index < -0.39 is 6.04 Å². The summed E-state index contributed by atoms with van der Waals surface area (Å²) in [5, 5.41) is 17.7. The van der Waals surface area contributed by atoms with E-state index in [9.17, 15) is 9.90 Å². The van der Waals surface area contributed by atoms with Crippen molar-refractivity contribution in [2.45, 2.75) is 31.2 Å². The molecule has 0 saturated heterocycles. The monoisotopic (exact) mass is 413 g/mol. The molecule has 1 amide bonds. The summed E-state index contributed by atoms with van der Waals surface area (Å²) < 4.78 is 5.55. The number of hydrogen-bond acceptors (Lipinski definition) is 5. The van der Waals surface area contributed by atoms with Gasteiger partial charge in [-0.05, 0) is 30.9 Å². The topological polar surface area (TPSA) is 88.2 Å². The fraction of sp³-hybridized carbons (Fsp3) is 0.240. The first kappa shape index (κ1) is 19.5. The summed E-state index contributed by atoms with van der Waals surface area (Å²) in [5.41, 5.74) is 4.22. The van der Waals surface area contributed by atoms with Crippen LogP contribution in [0.4, 0.5) is 0 Å². The minimum atomic E-state index is -0.400. The molecule has 5 rings (SSSR count). The van der Waals surface area contributed by atoms with Crippen molar-refractivity contribution in [3.8, 4) is 11.3 Å². The second-order valence-corrected chi connectivity index (χ2v) is 7.99. The number of fused-ring (bicyclic) bond motifs is 1. The molecule has 6 heteroatoms. The van der Waals surface area contributed by atoms with E-state index in [2.05, 4.69) is 15.5 Å². The van der Waals surface area contributed by atoms with Crippen molar-refractivity contribution in [1.29, 1.82) is 0 Å². The first-order valence-corrected chi connectivity index (χ1v) is 10.5. The summed E-state index contributed by atoms with van der Waals surface area (Å²) in [6.07, 6.45) is 2.67. The predicted molar refractivity (Wildman–Crippen MR) is 118 cm³/mol. The second kappa shape index (κ2) is 8.32. The van der Waals surface area contributed by atoms with Gasteiger partial charge in [-0.15, -0.1) is 0 Å². The summed E-state index contributed by atoms with van der Waals surface area (Å²) >= 11 is 0. The number of pyridine rings is 1. The molecule has 1 aliphatic carbocycles. The molecule has 0 spiro atoms. The molecule has 156 valence electrons. The minimum Gasteiger partial charge on any atom is -0.394 e. The molecule has 4 aromatic rings. The van der Waals surface area contributed by atoms with Crippen LogP contribution in [0.1, 0.15) is 40.4 Å². The lowest BCUT2D eigenvalue weighted by atomic mass is 10.0. The molecule has 2 aromatic heterocycles. The number of carbonyl (C=O) groups is 1. The number of aliphatic hydroxyl groups is 1. The average molecular weight is 413 g/mol. The van der Waals surface area contributed by atoms with E-state index in [-0.39, 0.29) is 12.5 Å². The number of carbonyl (C=O) groups excluding carboxylic acids is 1. The summed E-state index contributed by atoms with van der Waals surface area (Å²) in [7, 11) is 0. The Morgan fingerprint density at radius 3 is 2.48 bits per heavy atom. The predicted octanol–water partition coefficient (Wildman–Crippen LogP) is 4.10. The molecule has 6 nitrogen and oxygen atoms in total. The van der Waals surface area contributed by atoms with E-state index >= 15 is 0 Å². The molecule has 1 saturated carbocycles. The molecule has 31 heavy (non-hydrogen) atoms. The molecular weight excluding hydrogens is 390 g/mol. The van der Waals surface area contributed by atoms with Crippen molar-refractivity contribution in [2.75, 3.05) is 6.61 Å². The van der Waals surface area contributed by atoms with Gasteiger partial charge in [0.1, 0.15) is 5.69 Å². The highest BCUT2D eigenvalue weighted by molar-refractivity contribution is 6.09. The van der Waals surface area contributed by atoms with Gasteiger partial charge >= 0.3 is 0 Å². The Morgan fingerprint density at radius 2 is 1.81 bits per heavy atom. The van der Waals surface area contributed by atoms with Crippen LogP contribution in [0.5, 0.6) is 0 Å². The highest BCUT2D eigenvalue weighted by atomic mass is 16.5. The van der Waals surface area contributed by atoms with E-state index in [1.165, 1.54) is 0 Å². The molecule has 0 radical (unpaired) electrons. The molecule has 1 aliphatic rings. The largest absolute Gasteiger partial charge is 0.394 e. The maximum Gasteiger partial charge on any atom is 0.259 e. The highest BCUT2D eigenvalue weighted by Gasteiger charge is 2.30. The minimum absolute atomic E-state index is 0.153. The van der Waals surface area contributed by atoms with Crippen molar-refractivity contribution >= 4 is 17.0 Å². The maximum atomic E-state index is 13.4. The quantitative estimate of drug-likeness (QED) is 0.476. The van der Waals surface area contributed by atoms with Crippen LogP contribution in [0.3, 0.4) is 0 Å². The van der Waals surface area contributed by atoms with Gasteiger partial charge < -0.3 is 14.9 Å². The van der Waals surface area contributed by atoms with Crippen LogP contribution in [0.25, 0.3) is 22.4 Å². The molecule has 2 heterocycles. The molecule has 1 unspecified atom stereocenters. The first-order chi connectivity index (χ1) is 15.2. The number of hydrogen-bond donors (Lipinski definition) is 2. The van der Waals surface area contributed by atoms with Crippen molar-refractivity contribution in [2.24, 2.45) is 0 Å². The number of rotatable bonds is 7. The van der Waals surface area contributed by atoms with Crippen LogP contribution in [0, 0.1) is 0 Å². The SMILES string of the molecule is O=C(NC(CO)Cc1ccccc1)c1cc(C2CC2)nc2onc(-c3ccccc3)c12. The van der Waals surface area contributed by atoms with Crippen LogP contribution >= 0.6 is 0 Å². The van der Waals surface area contributed by atoms with Crippen molar-refractivity contribution in [3.05, 3.63) is 83.6 Å². The van der Waals surface area contributed by atoms with E-state index in [0.29, 0.717) is 34.7 Å². The standard InChI is InChI=1S/C25H23N3O3/c29-15-19(13-16-7-3-1-4-8-16)26-24(30)20-14-21(17-11-12-17)27-25-22(20)23(28-31-25)18-9-5-2-6-10-18/h1-10,14,17,19,29H,11-13,15H2,(H,26,30). The Bertz CT molecular complexity index is 1200. The number of nitrogens with zero attached hydrogens (tertiary/aromatic N) is 2. The fourth-order valence-electron chi connectivity index (χ4n) is 3.85. The van der Waals surface area contributed by atoms with Gasteiger partial charge in [0.25, 0.3) is 11.6 Å². The van der Waals surface area contributed by atoms with E-state index in [4.69, 9.17) is 4.52 Å². The van der Waals surface area contributed by atoms with Crippen LogP contribution < -0.4 is 5.32 Å². The zero-order valence-electron chi connectivity index (χ0n) is 17.0. The zero-order chi connectivity index (χ0) is 21.2. The fourth-order valence-corrected chi connectivity index (χ4v) is 3.85. The van der Waals surface area contributed by atoms with Crippen molar-refractivity contribution in [1.82, 2.24) is 15.5 Å². The van der Waals surface area contributed by atoms with E-state index in [1.807, 2.05) is 66.7 Å². The first-order valence-electron chi connectivity index (χ1n) is 10.5. The number of aromatic nitrogens is 2. The number of amides is 1. The van der Waals surface area contributed by atoms with Gasteiger partial charge in [0.05, 0.1) is 23.6 Å². The van der Waals surface area contributed by atoms with E-state index in [1.54, 1.807) is 0 Å². The molecule has 1 atom stereocenters. The lowest BCUT2D eigenvalue weighted by molar-refractivity contribution is 0.0918. The van der Waals surface area contributed by atoms with Crippen LogP contribution in [0.15, 0.2) is 71.3 Å². The molecular formula is C25H23N3O3. The van der Waals surface area contributed by atoms with E-state index in [0.717, 1.165) is 29.7 Å². The maximum absolute atomic E-state index is 13.4. The normalized spacial score (nSPS) is 14.5. The summed E-state index contributed by atoms with van der Waals surface area (Å²) in [5.74, 6) is 0.101. The Kier molecular flexibility index (Phi) is 5.22. The average Bonchev–Trinajstić information content (AvgIpc) is 3.58. The number of benzene rings is 2. The van der Waals surface area contributed by atoms with Crippen LogP contribution in [-0.4, -0.2) is 33.8 Å². The lowest BCUT2D eigenvalue weighted by Crippen LogP contribution is -2.39. The highest BCUT2D eigenvalue weighted by Crippen LogP contribution is 2.41. The third-order valence-corrected chi connectivity index (χ3v) is 5.63. The van der Waals surface area contributed by atoms with Crippen molar-refractivity contribution in [3.63, 3.8) is 0 Å². The van der Waals surface area contributed by atoms with Gasteiger partial charge in [-0.25, -0.2) is 4.98 Å². The van der Waals surface area contributed by atoms with Crippen LogP contribution in [-0.2, 0) is 6.42 Å². The lowest BCUT2D eigenvalue weighted by Gasteiger charge is -2.17. The van der Waals surface area contributed by atoms with Gasteiger partial charge in [-0.1, -0.05) is 65.8 Å². The van der Waals surface area contributed by atoms with Crippen LogP contribution in [0.2, 0.25) is 0 Å². The second-order valence-electron chi connectivity index (χ2n) is 7.99. The van der Waals surface area contributed by atoms with Gasteiger partial charge in [-0.3, -0.25) is 4.79 Å². The van der Waals surface area contributed by atoms with Crippen molar-refractivity contribution < 1.29 is 14.4 Å². The third-order valence-electron chi connectivity index (χ3n) is 5.63. The number of aliphatic hydroxyl groups excluding tert-OH is 1. The molecule has 0 bridgehead atoms. The van der Waals surface area contributed by atoms with Gasteiger partial charge in [-0.2, -0.15) is 0 Å². The van der Waals surface area contributed by atoms with Gasteiger partial charge in [0.2, 0.25) is 0 Å². The van der Waals surface area contributed by atoms with Gasteiger partial charge in [0.15, 0.2) is 0 Å². The third kappa shape index (κ3) is 4.07. The Labute approximate surface area is 179 Å². The Hall–Kier alpha value is -3.51. The van der Waals surface area contributed by atoms with Gasteiger partial charge in [0, 0.05) is 17.2 Å². The summed E-state index contributed by atoms with van der Waals surface area (Å²) in [4.78, 5) is 18.0. The molecule has 0 aliphatic heterocycles. The zero-order valence-corrected chi connectivity index (χ0v) is 17.0. The Morgan fingerprint density at radius 1 is 1.10 bits per heavy atom. The molecule has 2 aromatic carbocycles.